The van der Waals surface area contributed by atoms with E-state index in [0.29, 0.717) is 6.04 Å². The van der Waals surface area contributed by atoms with E-state index in [9.17, 15) is 0 Å². The molecule has 0 atom stereocenters. The summed E-state index contributed by atoms with van der Waals surface area (Å²) in [7, 11) is 1.68. The molecule has 0 amide bonds. The van der Waals surface area contributed by atoms with Crippen molar-refractivity contribution in [2.24, 2.45) is 0 Å². The van der Waals surface area contributed by atoms with Crippen LogP contribution in [0.15, 0.2) is 35.2 Å². The van der Waals surface area contributed by atoms with Crippen LogP contribution in [0.25, 0.3) is 11.3 Å². The van der Waals surface area contributed by atoms with E-state index < -0.39 is 0 Å². The molecule has 0 unspecified atom stereocenters. The molecule has 1 aromatic carbocycles. The Morgan fingerprint density at radius 2 is 2.00 bits per heavy atom. The molecular weight excluding hydrogens is 280 g/mol. The molecule has 2 aromatic rings. The lowest BCUT2D eigenvalue weighted by molar-refractivity contribution is 0.416. The van der Waals surface area contributed by atoms with Crippen LogP contribution in [0.3, 0.4) is 0 Å². The first-order chi connectivity index (χ1) is 8.15. The summed E-state index contributed by atoms with van der Waals surface area (Å²) in [6.45, 7) is 4.26. The van der Waals surface area contributed by atoms with Gasteiger partial charge in [0.2, 0.25) is 0 Å². The highest BCUT2D eigenvalue weighted by Gasteiger charge is 2.15. The zero-order valence-corrected chi connectivity index (χ0v) is 11.7. The molecule has 0 spiro atoms. The number of ether oxygens (including phenoxy) is 1. The van der Waals surface area contributed by atoms with E-state index in [1.807, 2.05) is 30.5 Å². The first kappa shape index (κ1) is 12.2. The van der Waals surface area contributed by atoms with Crippen LogP contribution in [0.4, 0.5) is 0 Å². The van der Waals surface area contributed by atoms with Crippen LogP contribution < -0.4 is 4.74 Å². The topological polar surface area (TPSA) is 27.1 Å². The fourth-order valence-electron chi connectivity index (χ4n) is 1.88. The van der Waals surface area contributed by atoms with E-state index >= 15 is 0 Å². The van der Waals surface area contributed by atoms with E-state index in [1.54, 1.807) is 7.11 Å². The van der Waals surface area contributed by atoms with Crippen molar-refractivity contribution in [2.45, 2.75) is 19.9 Å². The fraction of sp³-hybridized carbons (Fsp3) is 0.308. The van der Waals surface area contributed by atoms with Crippen molar-refractivity contribution in [3.63, 3.8) is 0 Å². The number of benzene rings is 1. The van der Waals surface area contributed by atoms with Gasteiger partial charge in [0.15, 0.2) is 4.73 Å². The standard InChI is InChI=1S/C13H15BrN2O/c1-9(2)16-11(8-15-13(16)14)10-6-4-5-7-12(10)17-3/h4-9H,1-3H3. The summed E-state index contributed by atoms with van der Waals surface area (Å²) >= 11 is 3.47. The Balaban J connectivity index is 2.60. The van der Waals surface area contributed by atoms with Gasteiger partial charge in [-0.3, -0.25) is 0 Å². The molecule has 2 rings (SSSR count). The maximum absolute atomic E-state index is 5.39. The molecule has 0 aliphatic carbocycles. The highest BCUT2D eigenvalue weighted by atomic mass is 79.9. The van der Waals surface area contributed by atoms with E-state index in [-0.39, 0.29) is 0 Å². The van der Waals surface area contributed by atoms with Crippen molar-refractivity contribution in [1.29, 1.82) is 0 Å². The van der Waals surface area contributed by atoms with Gasteiger partial charge in [-0.1, -0.05) is 12.1 Å². The van der Waals surface area contributed by atoms with E-state index in [1.165, 1.54) is 0 Å². The first-order valence-corrected chi connectivity index (χ1v) is 6.30. The molecule has 0 bridgehead atoms. The van der Waals surface area contributed by atoms with Gasteiger partial charge in [0.05, 0.1) is 19.0 Å². The predicted octanol–water partition coefficient (Wildman–Crippen LogP) is 3.90. The van der Waals surface area contributed by atoms with Crippen molar-refractivity contribution >= 4 is 15.9 Å². The van der Waals surface area contributed by atoms with Crippen LogP contribution in [0, 0.1) is 0 Å². The Bertz CT molecular complexity index is 520. The molecule has 3 nitrogen and oxygen atoms in total. The quantitative estimate of drug-likeness (QED) is 0.858. The molecule has 17 heavy (non-hydrogen) atoms. The lowest BCUT2D eigenvalue weighted by atomic mass is 10.1. The van der Waals surface area contributed by atoms with Gasteiger partial charge < -0.3 is 9.30 Å². The zero-order chi connectivity index (χ0) is 12.4. The molecule has 0 aliphatic rings. The number of rotatable bonds is 3. The van der Waals surface area contributed by atoms with Gasteiger partial charge in [0.25, 0.3) is 0 Å². The van der Waals surface area contributed by atoms with Crippen molar-refractivity contribution in [3.05, 3.63) is 35.2 Å². The summed E-state index contributed by atoms with van der Waals surface area (Å²) in [6, 6.07) is 8.31. The number of halogens is 1. The minimum absolute atomic E-state index is 0.340. The third-order valence-electron chi connectivity index (χ3n) is 2.65. The average Bonchev–Trinajstić information content (AvgIpc) is 2.71. The third kappa shape index (κ3) is 2.22. The van der Waals surface area contributed by atoms with Gasteiger partial charge in [0, 0.05) is 11.6 Å². The first-order valence-electron chi connectivity index (χ1n) is 5.51. The summed E-state index contributed by atoms with van der Waals surface area (Å²) in [5, 5.41) is 0. The molecule has 90 valence electrons. The maximum atomic E-state index is 5.39. The second kappa shape index (κ2) is 4.92. The average molecular weight is 295 g/mol. The van der Waals surface area contributed by atoms with Gasteiger partial charge in [-0.25, -0.2) is 4.98 Å². The monoisotopic (exact) mass is 294 g/mol. The number of hydrogen-bond acceptors (Lipinski definition) is 2. The summed E-state index contributed by atoms with van der Waals surface area (Å²) in [6.07, 6.45) is 1.86. The maximum Gasteiger partial charge on any atom is 0.177 e. The molecule has 0 aliphatic heterocycles. The van der Waals surface area contributed by atoms with Crippen LogP contribution >= 0.6 is 15.9 Å². The SMILES string of the molecule is COc1ccccc1-c1cnc(Br)n1C(C)C. The summed E-state index contributed by atoms with van der Waals surface area (Å²) in [5.74, 6) is 0.863. The van der Waals surface area contributed by atoms with Crippen LogP contribution in [-0.4, -0.2) is 16.7 Å². The van der Waals surface area contributed by atoms with Crippen molar-refractivity contribution in [1.82, 2.24) is 9.55 Å². The summed E-state index contributed by atoms with van der Waals surface area (Å²) in [5.41, 5.74) is 2.12. The van der Waals surface area contributed by atoms with Crippen molar-refractivity contribution in [2.75, 3.05) is 7.11 Å². The van der Waals surface area contributed by atoms with Gasteiger partial charge in [-0.15, -0.1) is 0 Å². The Morgan fingerprint density at radius 1 is 1.29 bits per heavy atom. The van der Waals surface area contributed by atoms with E-state index in [0.717, 1.165) is 21.7 Å². The lowest BCUT2D eigenvalue weighted by Gasteiger charge is -2.15. The number of aromatic nitrogens is 2. The van der Waals surface area contributed by atoms with Crippen molar-refractivity contribution < 1.29 is 4.74 Å². The van der Waals surface area contributed by atoms with Gasteiger partial charge in [-0.05, 0) is 41.9 Å². The summed E-state index contributed by atoms with van der Waals surface area (Å²) in [4.78, 5) is 4.31. The van der Waals surface area contributed by atoms with Crippen LogP contribution in [0.5, 0.6) is 5.75 Å². The van der Waals surface area contributed by atoms with E-state index in [2.05, 4.69) is 39.3 Å². The van der Waals surface area contributed by atoms with Crippen LogP contribution in [0.2, 0.25) is 0 Å². The van der Waals surface area contributed by atoms with Gasteiger partial charge in [-0.2, -0.15) is 0 Å². The number of hydrogen-bond donors (Lipinski definition) is 0. The predicted molar refractivity (Wildman–Crippen MR) is 72.3 cm³/mol. The second-order valence-corrected chi connectivity index (χ2v) is 4.79. The Hall–Kier alpha value is -1.29. The highest BCUT2D eigenvalue weighted by molar-refractivity contribution is 9.10. The number of imidazole rings is 1. The van der Waals surface area contributed by atoms with Crippen molar-refractivity contribution in [3.8, 4) is 17.0 Å². The number of nitrogens with zero attached hydrogens (tertiary/aromatic N) is 2. The molecule has 1 aromatic heterocycles. The Morgan fingerprint density at radius 3 is 2.65 bits per heavy atom. The third-order valence-corrected chi connectivity index (χ3v) is 3.24. The molecular formula is C13H15BrN2O. The molecule has 0 saturated heterocycles. The van der Waals surface area contributed by atoms with Gasteiger partial charge >= 0.3 is 0 Å². The number of para-hydroxylation sites is 1. The minimum atomic E-state index is 0.340. The molecule has 4 heteroatoms. The molecule has 1 heterocycles. The largest absolute Gasteiger partial charge is 0.496 e. The molecule has 0 radical (unpaired) electrons. The highest BCUT2D eigenvalue weighted by Crippen LogP contribution is 2.33. The second-order valence-electron chi connectivity index (χ2n) is 4.08. The molecule has 0 fully saturated rings. The number of methoxy groups -OCH3 is 1. The van der Waals surface area contributed by atoms with Crippen LogP contribution in [0.1, 0.15) is 19.9 Å². The smallest absolute Gasteiger partial charge is 0.177 e. The Labute approximate surface area is 110 Å². The van der Waals surface area contributed by atoms with E-state index in [4.69, 9.17) is 4.74 Å². The zero-order valence-electron chi connectivity index (χ0n) is 10.1. The van der Waals surface area contributed by atoms with Gasteiger partial charge in [0.1, 0.15) is 5.75 Å². The molecule has 0 N–H and O–H groups in total. The Kier molecular flexibility index (Phi) is 3.52. The lowest BCUT2D eigenvalue weighted by Crippen LogP contribution is -2.03. The normalized spacial score (nSPS) is 10.9. The minimum Gasteiger partial charge on any atom is -0.496 e. The molecule has 0 saturated carbocycles. The fourth-order valence-corrected chi connectivity index (χ4v) is 2.59. The van der Waals surface area contributed by atoms with Crippen LogP contribution in [-0.2, 0) is 0 Å². The summed E-state index contributed by atoms with van der Waals surface area (Å²) < 4.78 is 8.37.